The molecular weight excluding hydrogens is 494 g/mol. The Hall–Kier alpha value is -3.28. The first-order chi connectivity index (χ1) is 18.0. The first kappa shape index (κ1) is 26.8. The van der Waals surface area contributed by atoms with Crippen molar-refractivity contribution in [2.45, 2.75) is 20.8 Å². The molecule has 198 valence electrons. The molecule has 0 atom stereocenters. The second kappa shape index (κ2) is 12.3. The minimum absolute atomic E-state index is 0.0839. The molecule has 0 saturated carbocycles. The van der Waals surface area contributed by atoms with Crippen LogP contribution >= 0.6 is 11.3 Å². The van der Waals surface area contributed by atoms with E-state index in [1.54, 1.807) is 17.0 Å². The second-order valence-electron chi connectivity index (χ2n) is 8.58. The Bertz CT molecular complexity index is 1240. The van der Waals surface area contributed by atoms with Crippen molar-refractivity contribution in [3.05, 3.63) is 52.1 Å². The number of nitro groups is 1. The number of rotatable bonds is 11. The van der Waals surface area contributed by atoms with Gasteiger partial charge in [-0.3, -0.25) is 19.8 Å². The third-order valence-electron chi connectivity index (χ3n) is 6.45. The van der Waals surface area contributed by atoms with Crippen LogP contribution in [0, 0.1) is 10.1 Å². The molecule has 11 heteroatoms. The Morgan fingerprint density at radius 2 is 1.92 bits per heavy atom. The Labute approximate surface area is 220 Å². The fraction of sp³-hybridized carbons (Fsp3) is 0.462. The highest BCUT2D eigenvalue weighted by Gasteiger charge is 2.27. The van der Waals surface area contributed by atoms with Gasteiger partial charge in [-0.25, -0.2) is 4.98 Å². The number of benzene rings is 2. The quantitative estimate of drug-likeness (QED) is 0.267. The van der Waals surface area contributed by atoms with Gasteiger partial charge < -0.3 is 19.3 Å². The molecule has 0 bridgehead atoms. The van der Waals surface area contributed by atoms with Gasteiger partial charge in [-0.2, -0.15) is 0 Å². The molecule has 37 heavy (non-hydrogen) atoms. The molecule has 1 saturated heterocycles. The van der Waals surface area contributed by atoms with E-state index >= 15 is 0 Å². The number of nitrogens with zero attached hydrogens (tertiary/aromatic N) is 5. The molecule has 1 aliphatic heterocycles. The van der Waals surface area contributed by atoms with Gasteiger partial charge in [0.2, 0.25) is 0 Å². The molecule has 2 aromatic carbocycles. The van der Waals surface area contributed by atoms with E-state index in [4.69, 9.17) is 14.5 Å². The lowest BCUT2D eigenvalue weighted by Gasteiger charge is -2.29. The average Bonchev–Trinajstić information content (AvgIpc) is 3.36. The Morgan fingerprint density at radius 3 is 2.59 bits per heavy atom. The molecular formula is C26H33N5O5S. The van der Waals surface area contributed by atoms with E-state index in [0.29, 0.717) is 68.1 Å². The molecule has 0 radical (unpaired) electrons. The first-order valence-corrected chi connectivity index (χ1v) is 13.5. The Kier molecular flexibility index (Phi) is 8.91. The molecule has 1 amide bonds. The van der Waals surface area contributed by atoms with Gasteiger partial charge in [0.25, 0.3) is 11.6 Å². The third-order valence-corrected chi connectivity index (χ3v) is 7.50. The SMILES string of the molecule is CCOc1cccc2sc(N(CCN(CC)CC)C(=O)c3ccc(N4CCOCC4)c([N+](=O)[O-])c3)nc12. The summed E-state index contributed by atoms with van der Waals surface area (Å²) in [7, 11) is 0. The van der Waals surface area contributed by atoms with Gasteiger partial charge in [0, 0.05) is 37.8 Å². The van der Waals surface area contributed by atoms with Gasteiger partial charge in [-0.05, 0) is 44.3 Å². The summed E-state index contributed by atoms with van der Waals surface area (Å²) < 4.78 is 12.0. The van der Waals surface area contributed by atoms with E-state index in [0.717, 1.165) is 17.8 Å². The highest BCUT2D eigenvalue weighted by atomic mass is 32.1. The zero-order chi connectivity index (χ0) is 26.4. The first-order valence-electron chi connectivity index (χ1n) is 12.6. The van der Waals surface area contributed by atoms with Crippen LogP contribution in [0.5, 0.6) is 5.75 Å². The molecule has 10 nitrogen and oxygen atoms in total. The monoisotopic (exact) mass is 527 g/mol. The number of para-hydroxylation sites is 1. The van der Waals surface area contributed by atoms with Gasteiger partial charge in [-0.1, -0.05) is 31.3 Å². The summed E-state index contributed by atoms with van der Waals surface area (Å²) in [5.74, 6) is 0.352. The predicted octanol–water partition coefficient (Wildman–Crippen LogP) is 4.43. The van der Waals surface area contributed by atoms with Gasteiger partial charge >= 0.3 is 0 Å². The number of morpholine rings is 1. The summed E-state index contributed by atoms with van der Waals surface area (Å²) >= 11 is 1.41. The van der Waals surface area contributed by atoms with Crippen molar-refractivity contribution < 1.29 is 19.2 Å². The van der Waals surface area contributed by atoms with Crippen LogP contribution in [0.15, 0.2) is 36.4 Å². The standard InChI is InChI=1S/C26H33N5O5S/c1-4-28(5-2)12-13-30(26-27-24-22(36-6-3)8-7-9-23(24)37-26)25(32)19-10-11-20(21(18-19)31(33)34)29-14-16-35-17-15-29/h7-11,18H,4-6,12-17H2,1-3H3. The summed E-state index contributed by atoms with van der Waals surface area (Å²) in [6, 6.07) is 10.5. The van der Waals surface area contributed by atoms with Crippen molar-refractivity contribution in [1.82, 2.24) is 9.88 Å². The van der Waals surface area contributed by atoms with E-state index in [-0.39, 0.29) is 17.2 Å². The minimum Gasteiger partial charge on any atom is -0.492 e. The number of carbonyl (C=O) groups is 1. The van der Waals surface area contributed by atoms with E-state index in [9.17, 15) is 14.9 Å². The van der Waals surface area contributed by atoms with Crippen molar-refractivity contribution >= 4 is 44.0 Å². The third kappa shape index (κ3) is 6.00. The topological polar surface area (TPSA) is 101 Å². The van der Waals surface area contributed by atoms with Crippen LogP contribution < -0.4 is 14.5 Å². The van der Waals surface area contributed by atoms with Crippen LogP contribution in [0.25, 0.3) is 10.2 Å². The highest BCUT2D eigenvalue weighted by Crippen LogP contribution is 2.36. The smallest absolute Gasteiger partial charge is 0.293 e. The lowest BCUT2D eigenvalue weighted by atomic mass is 10.1. The number of carbonyl (C=O) groups excluding carboxylic acids is 1. The lowest BCUT2D eigenvalue weighted by Crippen LogP contribution is -2.39. The van der Waals surface area contributed by atoms with Crippen LogP contribution in [-0.2, 0) is 4.74 Å². The summed E-state index contributed by atoms with van der Waals surface area (Å²) in [5.41, 5.74) is 1.38. The fourth-order valence-electron chi connectivity index (χ4n) is 4.39. The maximum Gasteiger partial charge on any atom is 0.293 e. The van der Waals surface area contributed by atoms with E-state index in [2.05, 4.69) is 18.7 Å². The molecule has 0 aliphatic carbocycles. The number of fused-ring (bicyclic) bond motifs is 1. The number of nitro benzene ring substituents is 1. The zero-order valence-corrected chi connectivity index (χ0v) is 22.3. The summed E-state index contributed by atoms with van der Waals surface area (Å²) in [4.78, 5) is 36.0. The largest absolute Gasteiger partial charge is 0.492 e. The van der Waals surface area contributed by atoms with Crippen LogP contribution in [0.2, 0.25) is 0 Å². The molecule has 4 rings (SSSR count). The molecule has 1 aromatic heterocycles. The van der Waals surface area contributed by atoms with Crippen molar-refractivity contribution in [2.24, 2.45) is 0 Å². The molecule has 1 fully saturated rings. The molecule has 3 aromatic rings. The highest BCUT2D eigenvalue weighted by molar-refractivity contribution is 7.22. The maximum absolute atomic E-state index is 13.9. The van der Waals surface area contributed by atoms with Crippen LogP contribution in [0.4, 0.5) is 16.5 Å². The van der Waals surface area contributed by atoms with Gasteiger partial charge in [0.1, 0.15) is 17.0 Å². The number of hydrogen-bond acceptors (Lipinski definition) is 9. The number of thiazole rings is 1. The fourth-order valence-corrected chi connectivity index (χ4v) is 5.40. The van der Waals surface area contributed by atoms with Gasteiger partial charge in [0.15, 0.2) is 5.13 Å². The number of hydrogen-bond donors (Lipinski definition) is 0. The Morgan fingerprint density at radius 1 is 1.16 bits per heavy atom. The van der Waals surface area contributed by atoms with E-state index in [1.165, 1.54) is 17.4 Å². The molecule has 0 spiro atoms. The summed E-state index contributed by atoms with van der Waals surface area (Å²) in [6.07, 6.45) is 0. The molecule has 2 heterocycles. The van der Waals surface area contributed by atoms with Crippen molar-refractivity contribution in [1.29, 1.82) is 0 Å². The van der Waals surface area contributed by atoms with Crippen molar-refractivity contribution in [3.8, 4) is 5.75 Å². The summed E-state index contributed by atoms with van der Waals surface area (Å²) in [5, 5.41) is 12.5. The second-order valence-corrected chi connectivity index (χ2v) is 9.59. The van der Waals surface area contributed by atoms with Gasteiger partial charge in [-0.15, -0.1) is 0 Å². The van der Waals surface area contributed by atoms with E-state index < -0.39 is 4.92 Å². The summed E-state index contributed by atoms with van der Waals surface area (Å²) in [6.45, 7) is 11.5. The number of anilines is 2. The predicted molar refractivity (Wildman–Crippen MR) is 146 cm³/mol. The molecule has 0 unspecified atom stereocenters. The van der Waals surface area contributed by atoms with Crippen molar-refractivity contribution in [2.75, 3.05) is 68.9 Å². The zero-order valence-electron chi connectivity index (χ0n) is 21.5. The van der Waals surface area contributed by atoms with Crippen LogP contribution in [0.3, 0.4) is 0 Å². The maximum atomic E-state index is 13.9. The van der Waals surface area contributed by atoms with Gasteiger partial charge in [0.05, 0.1) is 29.4 Å². The minimum atomic E-state index is -0.423. The van der Waals surface area contributed by atoms with Crippen LogP contribution in [0.1, 0.15) is 31.1 Å². The molecule has 1 aliphatic rings. The van der Waals surface area contributed by atoms with Crippen LogP contribution in [-0.4, -0.2) is 79.8 Å². The van der Waals surface area contributed by atoms with E-state index in [1.807, 2.05) is 30.0 Å². The average molecular weight is 528 g/mol. The molecule has 0 N–H and O–H groups in total. The normalized spacial score (nSPS) is 13.8. The Balaban J connectivity index is 1.71. The number of aromatic nitrogens is 1. The number of ether oxygens (including phenoxy) is 2. The lowest BCUT2D eigenvalue weighted by molar-refractivity contribution is -0.384. The number of likely N-dealkylation sites (N-methyl/N-ethyl adjacent to an activating group) is 1. The van der Waals surface area contributed by atoms with Crippen molar-refractivity contribution in [3.63, 3.8) is 0 Å². The number of amides is 1.